The summed E-state index contributed by atoms with van der Waals surface area (Å²) < 4.78 is 4.97. The van der Waals surface area contributed by atoms with Gasteiger partial charge in [-0.05, 0) is 13.0 Å². The highest BCUT2D eigenvalue weighted by atomic mass is 16.5. The second-order valence-electron chi connectivity index (χ2n) is 3.33. The number of aromatic nitrogens is 1. The zero-order valence-electron chi connectivity index (χ0n) is 7.40. The van der Waals surface area contributed by atoms with Crippen LogP contribution in [0, 0.1) is 0 Å². The monoisotopic (exact) mass is 180 g/mol. The van der Waals surface area contributed by atoms with Gasteiger partial charge in [-0.3, -0.25) is 9.69 Å². The number of carbonyl (C=O) groups is 1. The highest BCUT2D eigenvalue weighted by Crippen LogP contribution is 2.10. The summed E-state index contributed by atoms with van der Waals surface area (Å²) in [6.45, 7) is 2.24. The van der Waals surface area contributed by atoms with Crippen LogP contribution >= 0.6 is 0 Å². The van der Waals surface area contributed by atoms with E-state index in [1.54, 1.807) is 6.20 Å². The van der Waals surface area contributed by atoms with Crippen LogP contribution in [-0.4, -0.2) is 28.9 Å². The molecule has 0 amide bonds. The number of Topliss-reactive ketones (excluding diaryl/α,β-unsaturated/α-hetero) is 1. The van der Waals surface area contributed by atoms with Gasteiger partial charge in [0.1, 0.15) is 5.78 Å². The first-order valence-corrected chi connectivity index (χ1v) is 4.48. The zero-order chi connectivity index (χ0) is 9.10. The molecule has 2 heterocycles. The maximum atomic E-state index is 11.1. The van der Waals surface area contributed by atoms with Crippen molar-refractivity contribution < 1.29 is 9.32 Å². The third kappa shape index (κ3) is 2.15. The van der Waals surface area contributed by atoms with Gasteiger partial charge in [0.15, 0.2) is 5.76 Å². The second kappa shape index (κ2) is 3.70. The molecule has 0 unspecified atom stereocenters. The first kappa shape index (κ1) is 8.44. The summed E-state index contributed by atoms with van der Waals surface area (Å²) in [5, 5.41) is 3.62. The van der Waals surface area contributed by atoms with Crippen LogP contribution in [0.1, 0.15) is 18.6 Å². The Bertz CT molecular complexity index is 282. The Morgan fingerprint density at radius 2 is 2.54 bits per heavy atom. The van der Waals surface area contributed by atoms with E-state index in [0.29, 0.717) is 18.9 Å². The van der Waals surface area contributed by atoms with Gasteiger partial charge in [0.25, 0.3) is 0 Å². The van der Waals surface area contributed by atoms with Crippen molar-refractivity contribution in [2.24, 2.45) is 0 Å². The summed E-state index contributed by atoms with van der Waals surface area (Å²) in [4.78, 5) is 13.2. The predicted molar refractivity (Wildman–Crippen MR) is 46.0 cm³/mol. The smallest absolute Gasteiger partial charge is 0.150 e. The van der Waals surface area contributed by atoms with Crippen molar-refractivity contribution >= 4 is 5.78 Å². The average molecular weight is 180 g/mol. The highest BCUT2D eigenvalue weighted by molar-refractivity contribution is 5.81. The van der Waals surface area contributed by atoms with Gasteiger partial charge in [0, 0.05) is 12.5 Å². The molecule has 1 saturated heterocycles. The van der Waals surface area contributed by atoms with E-state index in [0.717, 1.165) is 25.1 Å². The topological polar surface area (TPSA) is 46.3 Å². The standard InChI is InChI=1S/C9H12N2O2/c12-8-2-1-5-11(6-8)7-9-3-4-10-13-9/h3-4H,1-2,5-7H2. The highest BCUT2D eigenvalue weighted by Gasteiger charge is 2.17. The molecule has 2 rings (SSSR count). The number of rotatable bonds is 2. The van der Waals surface area contributed by atoms with E-state index in [2.05, 4.69) is 10.1 Å². The Kier molecular flexibility index (Phi) is 2.40. The van der Waals surface area contributed by atoms with E-state index in [9.17, 15) is 4.79 Å². The molecular formula is C9H12N2O2. The van der Waals surface area contributed by atoms with Gasteiger partial charge in [-0.25, -0.2) is 0 Å². The Morgan fingerprint density at radius 1 is 1.62 bits per heavy atom. The van der Waals surface area contributed by atoms with E-state index in [4.69, 9.17) is 4.52 Å². The lowest BCUT2D eigenvalue weighted by Gasteiger charge is -2.23. The fraction of sp³-hybridized carbons (Fsp3) is 0.556. The van der Waals surface area contributed by atoms with E-state index in [1.807, 2.05) is 6.07 Å². The molecule has 0 radical (unpaired) electrons. The molecule has 0 atom stereocenters. The van der Waals surface area contributed by atoms with Gasteiger partial charge in [-0.1, -0.05) is 5.16 Å². The Morgan fingerprint density at radius 3 is 3.23 bits per heavy atom. The molecule has 13 heavy (non-hydrogen) atoms. The molecule has 0 N–H and O–H groups in total. The fourth-order valence-electron chi connectivity index (χ4n) is 1.59. The summed E-state index contributed by atoms with van der Waals surface area (Å²) in [5.41, 5.74) is 0. The van der Waals surface area contributed by atoms with Crippen LogP contribution in [0.5, 0.6) is 0 Å². The van der Waals surface area contributed by atoms with Gasteiger partial charge in [0.05, 0.1) is 19.3 Å². The third-order valence-electron chi connectivity index (χ3n) is 2.20. The molecule has 0 bridgehead atoms. The normalized spacial score (nSPS) is 19.2. The lowest BCUT2D eigenvalue weighted by atomic mass is 10.1. The molecule has 0 aliphatic carbocycles. The van der Waals surface area contributed by atoms with Gasteiger partial charge in [-0.15, -0.1) is 0 Å². The van der Waals surface area contributed by atoms with E-state index < -0.39 is 0 Å². The molecule has 1 aliphatic rings. The minimum atomic E-state index is 0.325. The van der Waals surface area contributed by atoms with Crippen molar-refractivity contribution in [2.45, 2.75) is 19.4 Å². The largest absolute Gasteiger partial charge is 0.360 e. The van der Waals surface area contributed by atoms with E-state index in [1.165, 1.54) is 0 Å². The second-order valence-corrected chi connectivity index (χ2v) is 3.33. The van der Waals surface area contributed by atoms with E-state index in [-0.39, 0.29) is 0 Å². The molecule has 70 valence electrons. The van der Waals surface area contributed by atoms with Crippen molar-refractivity contribution in [3.63, 3.8) is 0 Å². The van der Waals surface area contributed by atoms with Crippen molar-refractivity contribution in [1.29, 1.82) is 0 Å². The maximum Gasteiger partial charge on any atom is 0.150 e. The van der Waals surface area contributed by atoms with E-state index >= 15 is 0 Å². The number of ketones is 1. The van der Waals surface area contributed by atoms with Gasteiger partial charge in [0.2, 0.25) is 0 Å². The number of nitrogens with zero attached hydrogens (tertiary/aromatic N) is 2. The number of carbonyl (C=O) groups excluding carboxylic acids is 1. The molecule has 1 aromatic rings. The Labute approximate surface area is 76.5 Å². The molecular weight excluding hydrogens is 168 g/mol. The molecule has 4 heteroatoms. The Balaban J connectivity index is 1.91. The maximum absolute atomic E-state index is 11.1. The number of hydrogen-bond acceptors (Lipinski definition) is 4. The van der Waals surface area contributed by atoms with Crippen molar-refractivity contribution in [3.8, 4) is 0 Å². The lowest BCUT2D eigenvalue weighted by molar-refractivity contribution is -0.122. The minimum absolute atomic E-state index is 0.325. The molecule has 1 aliphatic heterocycles. The summed E-state index contributed by atoms with van der Waals surface area (Å²) in [6, 6.07) is 1.83. The van der Waals surface area contributed by atoms with Crippen LogP contribution < -0.4 is 0 Å². The van der Waals surface area contributed by atoms with Crippen LogP contribution in [0.3, 0.4) is 0 Å². The summed E-state index contributed by atoms with van der Waals surface area (Å²) in [7, 11) is 0. The molecule has 0 aromatic carbocycles. The molecule has 0 saturated carbocycles. The molecule has 1 aromatic heterocycles. The number of hydrogen-bond donors (Lipinski definition) is 0. The minimum Gasteiger partial charge on any atom is -0.360 e. The Hall–Kier alpha value is -1.16. The van der Waals surface area contributed by atoms with Crippen LogP contribution in [0.25, 0.3) is 0 Å². The van der Waals surface area contributed by atoms with Crippen molar-refractivity contribution in [1.82, 2.24) is 10.1 Å². The van der Waals surface area contributed by atoms with Crippen molar-refractivity contribution in [2.75, 3.05) is 13.1 Å². The third-order valence-corrected chi connectivity index (χ3v) is 2.20. The van der Waals surface area contributed by atoms with Crippen LogP contribution in [0.2, 0.25) is 0 Å². The molecule has 1 fully saturated rings. The predicted octanol–water partition coefficient (Wildman–Crippen LogP) is 0.840. The first-order chi connectivity index (χ1) is 6.34. The van der Waals surface area contributed by atoms with Gasteiger partial charge >= 0.3 is 0 Å². The van der Waals surface area contributed by atoms with Gasteiger partial charge in [-0.2, -0.15) is 0 Å². The molecule has 4 nitrogen and oxygen atoms in total. The van der Waals surface area contributed by atoms with Crippen LogP contribution in [0.15, 0.2) is 16.8 Å². The summed E-state index contributed by atoms with van der Waals surface area (Å²) >= 11 is 0. The number of piperidine rings is 1. The fourth-order valence-corrected chi connectivity index (χ4v) is 1.59. The first-order valence-electron chi connectivity index (χ1n) is 4.48. The van der Waals surface area contributed by atoms with Gasteiger partial charge < -0.3 is 4.52 Å². The average Bonchev–Trinajstić information content (AvgIpc) is 2.57. The SMILES string of the molecule is O=C1CCCN(Cc2ccno2)C1. The summed E-state index contributed by atoms with van der Waals surface area (Å²) in [5.74, 6) is 1.15. The zero-order valence-corrected chi connectivity index (χ0v) is 7.40. The van der Waals surface area contributed by atoms with Crippen LogP contribution in [-0.2, 0) is 11.3 Å². The van der Waals surface area contributed by atoms with Crippen LogP contribution in [0.4, 0.5) is 0 Å². The lowest BCUT2D eigenvalue weighted by Crippen LogP contribution is -2.34. The van der Waals surface area contributed by atoms with Crippen molar-refractivity contribution in [3.05, 3.63) is 18.0 Å². The molecule has 0 spiro atoms. The number of likely N-dealkylation sites (tertiary alicyclic amines) is 1. The summed E-state index contributed by atoms with van der Waals surface area (Å²) in [6.07, 6.45) is 3.32. The quantitative estimate of drug-likeness (QED) is 0.676.